The molecular formula is C15H15N5O. The van der Waals surface area contributed by atoms with Gasteiger partial charge < -0.3 is 5.32 Å². The van der Waals surface area contributed by atoms with Crippen LogP contribution in [0.25, 0.3) is 5.78 Å². The van der Waals surface area contributed by atoms with Crippen molar-refractivity contribution >= 4 is 11.5 Å². The molecular weight excluding hydrogens is 266 g/mol. The molecule has 1 aromatic carbocycles. The molecule has 0 amide bonds. The summed E-state index contributed by atoms with van der Waals surface area (Å²) in [4.78, 5) is 20.6. The van der Waals surface area contributed by atoms with E-state index in [1.807, 2.05) is 12.1 Å². The van der Waals surface area contributed by atoms with Crippen LogP contribution in [0.3, 0.4) is 0 Å². The Bertz CT molecular complexity index is 879. The third-order valence-electron chi connectivity index (χ3n) is 3.88. The molecule has 0 radical (unpaired) electrons. The summed E-state index contributed by atoms with van der Waals surface area (Å²) in [6, 6.07) is 9.80. The van der Waals surface area contributed by atoms with E-state index in [9.17, 15) is 4.79 Å². The Balaban J connectivity index is 1.70. The topological polar surface area (TPSA) is 75.1 Å². The molecule has 3 aromatic rings. The smallest absolute Gasteiger partial charge is 0.274 e. The Morgan fingerprint density at radius 1 is 1.33 bits per heavy atom. The van der Waals surface area contributed by atoms with Crippen LogP contribution >= 0.6 is 0 Å². The predicted molar refractivity (Wildman–Crippen MR) is 79.7 cm³/mol. The molecule has 1 aliphatic heterocycles. The van der Waals surface area contributed by atoms with Gasteiger partial charge in [0.05, 0.1) is 0 Å². The van der Waals surface area contributed by atoms with Gasteiger partial charge in [0, 0.05) is 36.3 Å². The molecule has 0 aliphatic carbocycles. The molecule has 106 valence electrons. The molecule has 6 nitrogen and oxygen atoms in total. The summed E-state index contributed by atoms with van der Waals surface area (Å²) in [7, 11) is 0. The molecule has 1 unspecified atom stereocenters. The number of anilines is 1. The highest BCUT2D eigenvalue weighted by Gasteiger charge is 2.23. The predicted octanol–water partition coefficient (Wildman–Crippen LogP) is 1.48. The number of rotatable bonds is 2. The van der Waals surface area contributed by atoms with Crippen molar-refractivity contribution in [3.05, 3.63) is 57.8 Å². The maximum absolute atomic E-state index is 11.9. The van der Waals surface area contributed by atoms with Gasteiger partial charge in [0.1, 0.15) is 5.82 Å². The highest BCUT2D eigenvalue weighted by molar-refractivity contribution is 5.57. The molecule has 6 heteroatoms. The maximum atomic E-state index is 11.9. The molecule has 1 aliphatic rings. The normalized spacial score (nSPS) is 16.9. The first-order valence-electron chi connectivity index (χ1n) is 6.99. The zero-order valence-electron chi connectivity index (χ0n) is 11.6. The number of aryl methyl sites for hydroxylation is 1. The molecule has 0 bridgehead atoms. The van der Waals surface area contributed by atoms with E-state index < -0.39 is 0 Å². The number of H-pyrrole nitrogens is 1. The van der Waals surface area contributed by atoms with Gasteiger partial charge in [-0.25, -0.2) is 4.98 Å². The van der Waals surface area contributed by atoms with Crippen molar-refractivity contribution in [2.45, 2.75) is 19.3 Å². The van der Waals surface area contributed by atoms with E-state index in [1.54, 1.807) is 6.92 Å². The minimum Gasteiger partial charge on any atom is -0.384 e. The van der Waals surface area contributed by atoms with E-state index in [4.69, 9.17) is 0 Å². The molecule has 2 N–H and O–H groups in total. The van der Waals surface area contributed by atoms with Gasteiger partial charge >= 0.3 is 0 Å². The standard InChI is InChI=1S/C15H15N5O/c1-9-6-14(21)20-15(17-9)18-13(19-20)7-10-8-16-12-5-3-2-4-11(10)12/h2-6,10,16H,7-8H2,1H3,(H,17,18,19). The molecule has 0 spiro atoms. The molecule has 1 atom stereocenters. The Kier molecular flexibility index (Phi) is 2.57. The SMILES string of the molecule is Cc1cc(=O)n2[nH]c(CC3CNc4ccccc43)nc2n1. The van der Waals surface area contributed by atoms with E-state index in [-0.39, 0.29) is 5.56 Å². The van der Waals surface area contributed by atoms with Crippen LogP contribution < -0.4 is 10.9 Å². The minimum atomic E-state index is -0.124. The van der Waals surface area contributed by atoms with Crippen LogP contribution in [0.2, 0.25) is 0 Å². The first kappa shape index (κ1) is 12.1. The van der Waals surface area contributed by atoms with Crippen molar-refractivity contribution in [1.82, 2.24) is 19.6 Å². The molecule has 4 rings (SSSR count). The average molecular weight is 281 g/mol. The van der Waals surface area contributed by atoms with Crippen LogP contribution in [0.4, 0.5) is 5.69 Å². The lowest BCUT2D eigenvalue weighted by Crippen LogP contribution is -2.15. The van der Waals surface area contributed by atoms with Crippen molar-refractivity contribution in [2.75, 3.05) is 11.9 Å². The summed E-state index contributed by atoms with van der Waals surface area (Å²) in [5, 5.41) is 6.45. The minimum absolute atomic E-state index is 0.124. The highest BCUT2D eigenvalue weighted by Crippen LogP contribution is 2.32. The lowest BCUT2D eigenvalue weighted by Gasteiger charge is -2.06. The summed E-state index contributed by atoms with van der Waals surface area (Å²) in [6.45, 7) is 2.69. The maximum Gasteiger partial charge on any atom is 0.274 e. The number of aromatic nitrogens is 4. The summed E-state index contributed by atoms with van der Waals surface area (Å²) in [6.07, 6.45) is 0.756. The Labute approximate surface area is 120 Å². The number of fused-ring (bicyclic) bond motifs is 2. The quantitative estimate of drug-likeness (QED) is 0.746. The van der Waals surface area contributed by atoms with E-state index in [0.29, 0.717) is 17.4 Å². The largest absolute Gasteiger partial charge is 0.384 e. The fourth-order valence-electron chi connectivity index (χ4n) is 2.90. The summed E-state index contributed by atoms with van der Waals surface area (Å²) >= 11 is 0. The second-order valence-electron chi connectivity index (χ2n) is 5.41. The second kappa shape index (κ2) is 4.44. The number of nitrogens with one attached hydrogen (secondary N) is 2. The van der Waals surface area contributed by atoms with Gasteiger partial charge in [-0.3, -0.25) is 9.89 Å². The van der Waals surface area contributed by atoms with Crippen molar-refractivity contribution in [3.63, 3.8) is 0 Å². The van der Waals surface area contributed by atoms with Crippen LogP contribution in [0.15, 0.2) is 35.1 Å². The average Bonchev–Trinajstić information content (AvgIpc) is 3.04. The zero-order chi connectivity index (χ0) is 14.4. The first-order chi connectivity index (χ1) is 10.2. The van der Waals surface area contributed by atoms with Crippen LogP contribution in [-0.2, 0) is 6.42 Å². The molecule has 0 fully saturated rings. The van der Waals surface area contributed by atoms with Crippen molar-refractivity contribution in [1.29, 1.82) is 0 Å². The van der Waals surface area contributed by atoms with E-state index in [2.05, 4.69) is 32.5 Å². The van der Waals surface area contributed by atoms with E-state index in [0.717, 1.165) is 18.8 Å². The Morgan fingerprint density at radius 2 is 2.19 bits per heavy atom. The van der Waals surface area contributed by atoms with E-state index in [1.165, 1.54) is 21.8 Å². The fourth-order valence-corrected chi connectivity index (χ4v) is 2.90. The Hall–Kier alpha value is -2.63. The van der Waals surface area contributed by atoms with Crippen LogP contribution in [0.5, 0.6) is 0 Å². The van der Waals surface area contributed by atoms with Gasteiger partial charge in [0.15, 0.2) is 0 Å². The lowest BCUT2D eigenvalue weighted by molar-refractivity contribution is 0.707. The number of para-hydroxylation sites is 1. The zero-order valence-corrected chi connectivity index (χ0v) is 11.6. The molecule has 0 saturated carbocycles. The van der Waals surface area contributed by atoms with Gasteiger partial charge in [-0.15, -0.1) is 0 Å². The van der Waals surface area contributed by atoms with Gasteiger partial charge in [-0.05, 0) is 18.6 Å². The highest BCUT2D eigenvalue weighted by atomic mass is 16.1. The molecule has 21 heavy (non-hydrogen) atoms. The van der Waals surface area contributed by atoms with Crippen molar-refractivity contribution in [2.24, 2.45) is 0 Å². The number of benzene rings is 1. The summed E-state index contributed by atoms with van der Waals surface area (Å²) in [5.74, 6) is 1.58. The van der Waals surface area contributed by atoms with Crippen molar-refractivity contribution < 1.29 is 0 Å². The molecule has 0 saturated heterocycles. The van der Waals surface area contributed by atoms with Gasteiger partial charge in [0.2, 0.25) is 0 Å². The monoisotopic (exact) mass is 281 g/mol. The number of hydrogen-bond donors (Lipinski definition) is 2. The Morgan fingerprint density at radius 3 is 3.10 bits per heavy atom. The van der Waals surface area contributed by atoms with Gasteiger partial charge in [-0.1, -0.05) is 18.2 Å². The fraction of sp³-hybridized carbons (Fsp3) is 0.267. The van der Waals surface area contributed by atoms with E-state index >= 15 is 0 Å². The van der Waals surface area contributed by atoms with Gasteiger partial charge in [0.25, 0.3) is 11.3 Å². The lowest BCUT2D eigenvalue weighted by atomic mass is 9.98. The number of aromatic amines is 1. The molecule has 3 heterocycles. The number of nitrogens with zero attached hydrogens (tertiary/aromatic N) is 3. The van der Waals surface area contributed by atoms with Crippen LogP contribution in [-0.4, -0.2) is 26.1 Å². The van der Waals surface area contributed by atoms with Crippen LogP contribution in [0.1, 0.15) is 23.0 Å². The van der Waals surface area contributed by atoms with Crippen molar-refractivity contribution in [3.8, 4) is 0 Å². The summed E-state index contributed by atoms with van der Waals surface area (Å²) in [5.41, 5.74) is 3.05. The second-order valence-corrected chi connectivity index (χ2v) is 5.41. The van der Waals surface area contributed by atoms with Crippen LogP contribution in [0, 0.1) is 6.92 Å². The summed E-state index contributed by atoms with van der Waals surface area (Å²) < 4.78 is 1.40. The van der Waals surface area contributed by atoms with Gasteiger partial charge in [-0.2, -0.15) is 9.50 Å². The first-order valence-corrected chi connectivity index (χ1v) is 6.99. The number of hydrogen-bond acceptors (Lipinski definition) is 4. The molecule has 2 aromatic heterocycles. The third kappa shape index (κ3) is 1.99. The third-order valence-corrected chi connectivity index (χ3v) is 3.88.